The summed E-state index contributed by atoms with van der Waals surface area (Å²) in [4.78, 5) is 25.7. The zero-order chi connectivity index (χ0) is 14.7. The van der Waals surface area contributed by atoms with E-state index in [1.54, 1.807) is 0 Å². The SMILES string of the molecule is O=C(Nc1c(F)cccc1[N+](=O)[O-])c1ccncc1Cl. The molecular weight excluding hydrogens is 289 g/mol. The van der Waals surface area contributed by atoms with Crippen molar-refractivity contribution in [3.63, 3.8) is 0 Å². The van der Waals surface area contributed by atoms with Crippen molar-refractivity contribution in [1.29, 1.82) is 0 Å². The van der Waals surface area contributed by atoms with Crippen LogP contribution in [0.2, 0.25) is 5.02 Å². The van der Waals surface area contributed by atoms with Crippen LogP contribution in [-0.2, 0) is 0 Å². The molecule has 102 valence electrons. The first-order valence-corrected chi connectivity index (χ1v) is 5.72. The number of nitrogens with zero attached hydrogens (tertiary/aromatic N) is 2. The van der Waals surface area contributed by atoms with Gasteiger partial charge in [0.1, 0.15) is 0 Å². The number of carbonyl (C=O) groups excluding carboxylic acids is 1. The standard InChI is InChI=1S/C12H7ClFN3O3/c13-8-6-15-5-4-7(8)12(18)16-11-9(14)2-1-3-10(11)17(19)20/h1-6H,(H,16,18). The number of hydrogen-bond donors (Lipinski definition) is 1. The van der Waals surface area contributed by atoms with Gasteiger partial charge in [-0.3, -0.25) is 19.9 Å². The number of pyridine rings is 1. The van der Waals surface area contributed by atoms with Gasteiger partial charge in [0.15, 0.2) is 11.5 Å². The number of hydrogen-bond acceptors (Lipinski definition) is 4. The van der Waals surface area contributed by atoms with Crippen molar-refractivity contribution in [2.45, 2.75) is 0 Å². The fourth-order valence-electron chi connectivity index (χ4n) is 1.53. The summed E-state index contributed by atoms with van der Waals surface area (Å²) in [5.74, 6) is -1.66. The minimum Gasteiger partial charge on any atom is -0.314 e. The molecule has 0 saturated heterocycles. The van der Waals surface area contributed by atoms with E-state index in [2.05, 4.69) is 10.3 Å². The maximum Gasteiger partial charge on any atom is 0.295 e. The normalized spacial score (nSPS) is 10.1. The molecule has 2 rings (SSSR count). The monoisotopic (exact) mass is 295 g/mol. The average molecular weight is 296 g/mol. The largest absolute Gasteiger partial charge is 0.314 e. The maximum atomic E-state index is 13.6. The summed E-state index contributed by atoms with van der Waals surface area (Å²) in [7, 11) is 0. The van der Waals surface area contributed by atoms with Crippen LogP contribution in [0.1, 0.15) is 10.4 Å². The highest BCUT2D eigenvalue weighted by Crippen LogP contribution is 2.28. The van der Waals surface area contributed by atoms with Crippen LogP contribution in [0.25, 0.3) is 0 Å². The number of halogens is 2. The van der Waals surface area contributed by atoms with Gasteiger partial charge < -0.3 is 5.32 Å². The quantitative estimate of drug-likeness (QED) is 0.696. The molecule has 0 unspecified atom stereocenters. The Balaban J connectivity index is 2.38. The van der Waals surface area contributed by atoms with Crippen molar-refractivity contribution in [3.8, 4) is 0 Å². The Bertz CT molecular complexity index is 693. The van der Waals surface area contributed by atoms with Crippen molar-refractivity contribution >= 4 is 28.9 Å². The van der Waals surface area contributed by atoms with Crippen molar-refractivity contribution in [1.82, 2.24) is 4.98 Å². The minimum atomic E-state index is -0.905. The van der Waals surface area contributed by atoms with Crippen LogP contribution in [0.3, 0.4) is 0 Å². The Kier molecular flexibility index (Phi) is 3.90. The molecule has 0 aliphatic carbocycles. The summed E-state index contributed by atoms with van der Waals surface area (Å²) in [6.07, 6.45) is 2.57. The number of anilines is 1. The summed E-state index contributed by atoms with van der Waals surface area (Å²) in [5, 5.41) is 13.0. The Labute approximate surface area is 117 Å². The van der Waals surface area contributed by atoms with E-state index >= 15 is 0 Å². The topological polar surface area (TPSA) is 85.1 Å². The second kappa shape index (κ2) is 5.62. The lowest BCUT2D eigenvalue weighted by atomic mass is 10.2. The number of nitro groups is 1. The van der Waals surface area contributed by atoms with Crippen molar-refractivity contribution in [2.75, 3.05) is 5.32 Å². The molecule has 1 aromatic carbocycles. The second-order valence-electron chi connectivity index (χ2n) is 3.70. The van der Waals surface area contributed by atoms with Gasteiger partial charge in [-0.2, -0.15) is 0 Å². The molecule has 0 aliphatic heterocycles. The smallest absolute Gasteiger partial charge is 0.295 e. The maximum absolute atomic E-state index is 13.6. The summed E-state index contributed by atoms with van der Waals surface area (Å²) in [6, 6.07) is 4.61. The lowest BCUT2D eigenvalue weighted by molar-refractivity contribution is -0.384. The Hall–Kier alpha value is -2.54. The molecule has 1 amide bonds. The molecule has 0 atom stereocenters. The lowest BCUT2D eigenvalue weighted by Crippen LogP contribution is -2.15. The molecule has 8 heteroatoms. The molecule has 20 heavy (non-hydrogen) atoms. The van der Waals surface area contributed by atoms with Crippen LogP contribution < -0.4 is 5.32 Å². The number of amides is 1. The molecule has 0 spiro atoms. The number of nitro benzene ring substituents is 1. The zero-order valence-corrected chi connectivity index (χ0v) is 10.6. The van der Waals surface area contributed by atoms with E-state index < -0.39 is 28.0 Å². The summed E-state index contributed by atoms with van der Waals surface area (Å²) in [6.45, 7) is 0. The molecule has 0 saturated carbocycles. The minimum absolute atomic E-state index is 0.0409. The first kappa shape index (κ1) is 13.9. The number of nitrogens with one attached hydrogen (secondary N) is 1. The van der Waals surface area contributed by atoms with E-state index in [4.69, 9.17) is 11.6 Å². The molecule has 2 aromatic rings. The number of para-hydroxylation sites is 1. The molecule has 1 heterocycles. The highest BCUT2D eigenvalue weighted by molar-refractivity contribution is 6.34. The summed E-state index contributed by atoms with van der Waals surface area (Å²) >= 11 is 5.78. The third-order valence-electron chi connectivity index (χ3n) is 2.44. The van der Waals surface area contributed by atoms with Crippen LogP contribution in [0.5, 0.6) is 0 Å². The van der Waals surface area contributed by atoms with Gasteiger partial charge in [-0.05, 0) is 12.1 Å². The molecular formula is C12H7ClFN3O3. The zero-order valence-electron chi connectivity index (χ0n) is 9.84. The van der Waals surface area contributed by atoms with E-state index in [1.807, 2.05) is 0 Å². The molecule has 0 aliphatic rings. The Morgan fingerprint density at radius 1 is 1.40 bits per heavy atom. The first-order chi connectivity index (χ1) is 9.50. The van der Waals surface area contributed by atoms with Crippen molar-refractivity contribution in [3.05, 3.63) is 63.2 Å². The third kappa shape index (κ3) is 2.72. The number of aromatic nitrogens is 1. The predicted molar refractivity (Wildman–Crippen MR) is 70.3 cm³/mol. The second-order valence-corrected chi connectivity index (χ2v) is 4.11. The lowest BCUT2D eigenvalue weighted by Gasteiger charge is -2.07. The highest BCUT2D eigenvalue weighted by Gasteiger charge is 2.21. The summed E-state index contributed by atoms with van der Waals surface area (Å²) < 4.78 is 13.6. The predicted octanol–water partition coefficient (Wildman–Crippen LogP) is 3.03. The van der Waals surface area contributed by atoms with Gasteiger partial charge in [0, 0.05) is 18.5 Å². The van der Waals surface area contributed by atoms with Crippen LogP contribution >= 0.6 is 11.6 Å². The molecule has 1 aromatic heterocycles. The van der Waals surface area contributed by atoms with Crippen LogP contribution in [-0.4, -0.2) is 15.8 Å². The van der Waals surface area contributed by atoms with Crippen LogP contribution in [0.15, 0.2) is 36.7 Å². The van der Waals surface area contributed by atoms with Gasteiger partial charge in [0.2, 0.25) is 0 Å². The van der Waals surface area contributed by atoms with Gasteiger partial charge in [-0.15, -0.1) is 0 Å². The molecule has 0 fully saturated rings. The average Bonchev–Trinajstić information content (AvgIpc) is 2.41. The molecule has 6 nitrogen and oxygen atoms in total. The van der Waals surface area contributed by atoms with Crippen molar-refractivity contribution in [2.24, 2.45) is 0 Å². The van der Waals surface area contributed by atoms with Gasteiger partial charge in [-0.25, -0.2) is 4.39 Å². The Morgan fingerprint density at radius 2 is 2.15 bits per heavy atom. The van der Waals surface area contributed by atoms with Crippen LogP contribution in [0.4, 0.5) is 15.8 Å². The highest BCUT2D eigenvalue weighted by atomic mass is 35.5. The fraction of sp³-hybridized carbons (Fsp3) is 0. The van der Waals surface area contributed by atoms with Gasteiger partial charge in [-0.1, -0.05) is 17.7 Å². The van der Waals surface area contributed by atoms with E-state index in [9.17, 15) is 19.3 Å². The molecule has 0 bridgehead atoms. The van der Waals surface area contributed by atoms with Crippen molar-refractivity contribution < 1.29 is 14.1 Å². The van der Waals surface area contributed by atoms with Gasteiger partial charge >= 0.3 is 0 Å². The van der Waals surface area contributed by atoms with Gasteiger partial charge in [0.25, 0.3) is 11.6 Å². The molecule has 0 radical (unpaired) electrons. The van der Waals surface area contributed by atoms with Crippen LogP contribution in [0, 0.1) is 15.9 Å². The van der Waals surface area contributed by atoms with E-state index in [0.29, 0.717) is 0 Å². The van der Waals surface area contributed by atoms with E-state index in [1.165, 1.54) is 24.5 Å². The number of benzene rings is 1. The van der Waals surface area contributed by atoms with E-state index in [0.717, 1.165) is 12.1 Å². The first-order valence-electron chi connectivity index (χ1n) is 5.34. The summed E-state index contributed by atoms with van der Waals surface area (Å²) in [5.41, 5.74) is -1.00. The fourth-order valence-corrected chi connectivity index (χ4v) is 1.73. The Morgan fingerprint density at radius 3 is 2.80 bits per heavy atom. The molecule has 1 N–H and O–H groups in total. The third-order valence-corrected chi connectivity index (χ3v) is 2.75. The van der Waals surface area contributed by atoms with Gasteiger partial charge in [0.05, 0.1) is 15.5 Å². The van der Waals surface area contributed by atoms with E-state index in [-0.39, 0.29) is 10.6 Å². The number of carbonyl (C=O) groups is 1. The number of rotatable bonds is 3.